The molecule has 0 atom stereocenters. The summed E-state index contributed by atoms with van der Waals surface area (Å²) in [4.78, 5) is 11.4. The van der Waals surface area contributed by atoms with Crippen molar-refractivity contribution in [1.82, 2.24) is 15.3 Å². The van der Waals surface area contributed by atoms with Crippen molar-refractivity contribution in [3.63, 3.8) is 0 Å². The number of hydrogen-bond donors (Lipinski definition) is 3. The van der Waals surface area contributed by atoms with E-state index in [1.807, 2.05) is 38.4 Å². The Labute approximate surface area is 187 Å². The largest absolute Gasteiger partial charge is 0.370 e. The predicted molar refractivity (Wildman–Crippen MR) is 135 cm³/mol. The number of likely N-dealkylation sites (N-methyl/N-ethyl adjacent to an activating group) is 2. The normalized spacial score (nSPS) is 11.5. The molecule has 0 radical (unpaired) electrons. The number of allylic oxidation sites excluding steroid dienone is 4. The van der Waals surface area contributed by atoms with Crippen LogP contribution < -0.4 is 20.9 Å². The number of aryl methyl sites for hydroxylation is 1. The van der Waals surface area contributed by atoms with Gasteiger partial charge in [-0.1, -0.05) is 43.9 Å². The molecule has 0 aliphatic rings. The molecule has 0 aliphatic heterocycles. The summed E-state index contributed by atoms with van der Waals surface area (Å²) in [6, 6.07) is 8.36. The smallest absolute Gasteiger partial charge is 0.229 e. The van der Waals surface area contributed by atoms with Gasteiger partial charge in [-0.05, 0) is 51.1 Å². The van der Waals surface area contributed by atoms with Gasteiger partial charge < -0.3 is 20.9 Å². The van der Waals surface area contributed by atoms with Crippen molar-refractivity contribution in [2.75, 3.05) is 48.8 Å². The lowest BCUT2D eigenvalue weighted by atomic mass is 10.2. The molecule has 0 amide bonds. The minimum atomic E-state index is 0.577. The number of hydrogen-bond acceptors (Lipinski definition) is 6. The molecular formula is C25H36N6. The first kappa shape index (κ1) is 24.2. The first-order chi connectivity index (χ1) is 15.1. The maximum absolute atomic E-state index is 4.66. The zero-order valence-electron chi connectivity index (χ0n) is 19.3. The topological polar surface area (TPSA) is 65.1 Å². The highest BCUT2D eigenvalue weighted by Crippen LogP contribution is 2.22. The van der Waals surface area contributed by atoms with Gasteiger partial charge in [-0.2, -0.15) is 4.98 Å². The van der Waals surface area contributed by atoms with Crippen LogP contribution in [0.2, 0.25) is 0 Å². The van der Waals surface area contributed by atoms with Gasteiger partial charge in [-0.3, -0.25) is 0 Å². The standard InChI is InChI=1S/C25H36N6/c1-6-11-21(7-2)12-10-15-27-24-20(4)19-28-25(30-24)29-22-13-9-14-23(18-22)31(8-3)17-16-26-5/h6,9-14,18-19,26H,1,7-8,15-17H2,2-5H3,(H2,27,28,29,30)/b12-10-,21-11-. The zero-order valence-corrected chi connectivity index (χ0v) is 19.3. The fourth-order valence-electron chi connectivity index (χ4n) is 3.12. The van der Waals surface area contributed by atoms with Crippen LogP contribution in [-0.2, 0) is 0 Å². The fourth-order valence-corrected chi connectivity index (χ4v) is 3.12. The van der Waals surface area contributed by atoms with Gasteiger partial charge in [0.25, 0.3) is 0 Å². The van der Waals surface area contributed by atoms with Crippen LogP contribution in [0.3, 0.4) is 0 Å². The van der Waals surface area contributed by atoms with Gasteiger partial charge in [0.05, 0.1) is 0 Å². The molecule has 166 valence electrons. The summed E-state index contributed by atoms with van der Waals surface area (Å²) in [6.07, 6.45) is 10.9. The quantitative estimate of drug-likeness (QED) is 0.394. The van der Waals surface area contributed by atoms with E-state index in [9.17, 15) is 0 Å². The highest BCUT2D eigenvalue weighted by atomic mass is 15.2. The molecule has 1 heterocycles. The molecule has 2 rings (SSSR count). The molecule has 0 saturated heterocycles. The Bertz CT molecular complexity index is 887. The third-order valence-corrected chi connectivity index (χ3v) is 4.91. The molecule has 1 aromatic heterocycles. The number of rotatable bonds is 13. The third-order valence-electron chi connectivity index (χ3n) is 4.91. The van der Waals surface area contributed by atoms with Gasteiger partial charge >= 0.3 is 0 Å². The van der Waals surface area contributed by atoms with E-state index < -0.39 is 0 Å². The van der Waals surface area contributed by atoms with Crippen LogP contribution in [0.1, 0.15) is 25.8 Å². The van der Waals surface area contributed by atoms with Crippen LogP contribution in [0.4, 0.5) is 23.1 Å². The average Bonchev–Trinajstić information content (AvgIpc) is 2.78. The second-order valence-corrected chi connectivity index (χ2v) is 7.20. The van der Waals surface area contributed by atoms with Crippen LogP contribution in [0, 0.1) is 6.92 Å². The monoisotopic (exact) mass is 420 g/mol. The highest BCUT2D eigenvalue weighted by molar-refractivity contribution is 5.63. The minimum Gasteiger partial charge on any atom is -0.370 e. The minimum absolute atomic E-state index is 0.577. The van der Waals surface area contributed by atoms with Crippen molar-refractivity contribution < 1.29 is 0 Å². The maximum Gasteiger partial charge on any atom is 0.229 e. The number of nitrogens with one attached hydrogen (secondary N) is 3. The first-order valence-corrected chi connectivity index (χ1v) is 10.9. The lowest BCUT2D eigenvalue weighted by Crippen LogP contribution is -2.30. The molecule has 2 aromatic rings. The van der Waals surface area contributed by atoms with Crippen LogP contribution in [0.5, 0.6) is 0 Å². The van der Waals surface area contributed by atoms with E-state index in [0.717, 1.165) is 43.1 Å². The van der Waals surface area contributed by atoms with Crippen LogP contribution >= 0.6 is 0 Å². The molecule has 3 N–H and O–H groups in total. The van der Waals surface area contributed by atoms with Crippen molar-refractivity contribution >= 4 is 23.1 Å². The van der Waals surface area contributed by atoms with E-state index >= 15 is 0 Å². The van der Waals surface area contributed by atoms with Gasteiger partial charge in [0.15, 0.2) is 0 Å². The van der Waals surface area contributed by atoms with Crippen LogP contribution in [-0.4, -0.2) is 43.2 Å². The number of anilines is 4. The summed E-state index contributed by atoms with van der Waals surface area (Å²) in [6.45, 7) is 13.6. The van der Waals surface area contributed by atoms with Gasteiger partial charge in [0.2, 0.25) is 5.95 Å². The molecule has 0 aliphatic carbocycles. The Kier molecular flexibility index (Phi) is 10.3. The van der Waals surface area contributed by atoms with Crippen LogP contribution in [0.15, 0.2) is 66.9 Å². The third kappa shape index (κ3) is 7.90. The summed E-state index contributed by atoms with van der Waals surface area (Å²) in [7, 11) is 1.97. The summed E-state index contributed by atoms with van der Waals surface area (Å²) in [5, 5.41) is 9.92. The Morgan fingerprint density at radius 1 is 1.26 bits per heavy atom. The Hall–Kier alpha value is -3.12. The molecule has 1 aromatic carbocycles. The van der Waals surface area contributed by atoms with E-state index in [2.05, 4.69) is 81.6 Å². The van der Waals surface area contributed by atoms with Gasteiger partial charge in [-0.25, -0.2) is 4.98 Å². The molecule has 0 bridgehead atoms. The van der Waals surface area contributed by atoms with Crippen molar-refractivity contribution in [1.29, 1.82) is 0 Å². The Morgan fingerprint density at radius 3 is 2.81 bits per heavy atom. The summed E-state index contributed by atoms with van der Waals surface area (Å²) in [5.74, 6) is 1.40. The maximum atomic E-state index is 4.66. The summed E-state index contributed by atoms with van der Waals surface area (Å²) in [5.41, 5.74) is 4.40. The molecule has 6 heteroatoms. The summed E-state index contributed by atoms with van der Waals surface area (Å²) < 4.78 is 0. The van der Waals surface area contributed by atoms with E-state index in [1.165, 1.54) is 11.3 Å². The molecule has 31 heavy (non-hydrogen) atoms. The number of aromatic nitrogens is 2. The number of nitrogens with zero attached hydrogens (tertiary/aromatic N) is 3. The van der Waals surface area contributed by atoms with Crippen molar-refractivity contribution in [3.8, 4) is 0 Å². The zero-order chi connectivity index (χ0) is 22.5. The first-order valence-electron chi connectivity index (χ1n) is 10.9. The lowest BCUT2D eigenvalue weighted by Gasteiger charge is -2.23. The average molecular weight is 421 g/mol. The van der Waals surface area contributed by atoms with E-state index in [4.69, 9.17) is 0 Å². The van der Waals surface area contributed by atoms with E-state index in [1.54, 1.807) is 0 Å². The summed E-state index contributed by atoms with van der Waals surface area (Å²) >= 11 is 0. The van der Waals surface area contributed by atoms with Gasteiger partial charge in [-0.15, -0.1) is 0 Å². The van der Waals surface area contributed by atoms with Crippen molar-refractivity contribution in [3.05, 3.63) is 72.5 Å². The van der Waals surface area contributed by atoms with Gasteiger partial charge in [0.1, 0.15) is 5.82 Å². The Morgan fingerprint density at radius 2 is 2.10 bits per heavy atom. The Balaban J connectivity index is 2.06. The van der Waals surface area contributed by atoms with E-state index in [-0.39, 0.29) is 0 Å². The number of benzene rings is 1. The predicted octanol–water partition coefficient (Wildman–Crippen LogP) is 5.06. The second kappa shape index (κ2) is 13.2. The molecule has 6 nitrogen and oxygen atoms in total. The van der Waals surface area contributed by atoms with Crippen LogP contribution in [0.25, 0.3) is 0 Å². The molecular weight excluding hydrogens is 384 g/mol. The SMILES string of the molecule is C=C/C=C(\C=C/CNc1nc(Nc2cccc(N(CC)CCNC)c2)ncc1C)CC. The van der Waals surface area contributed by atoms with Gasteiger partial charge in [0, 0.05) is 49.3 Å². The molecule has 0 saturated carbocycles. The van der Waals surface area contributed by atoms with Crippen molar-refractivity contribution in [2.45, 2.75) is 27.2 Å². The fraction of sp³-hybridized carbons (Fsp3) is 0.360. The molecule has 0 unspecified atom stereocenters. The van der Waals surface area contributed by atoms with Crippen molar-refractivity contribution in [2.24, 2.45) is 0 Å². The lowest BCUT2D eigenvalue weighted by molar-refractivity contribution is 0.737. The van der Waals surface area contributed by atoms with E-state index in [0.29, 0.717) is 12.5 Å². The molecule has 0 spiro atoms. The molecule has 0 fully saturated rings. The second-order valence-electron chi connectivity index (χ2n) is 7.20. The highest BCUT2D eigenvalue weighted by Gasteiger charge is 2.07.